The molecule has 0 heteroatoms. The third-order valence-corrected chi connectivity index (χ3v) is 3.33. The standard InChI is InChI=1S/C14H22/c1-4-6-12-14(3,5-2)13-10-8-7-9-11-13/h7-11H,4-6,12H2,1-3H3. The van der Waals surface area contributed by atoms with E-state index in [1.807, 2.05) is 0 Å². The number of rotatable bonds is 5. The van der Waals surface area contributed by atoms with Crippen molar-refractivity contribution < 1.29 is 0 Å². The predicted octanol–water partition coefficient (Wildman–Crippen LogP) is 4.54. The average molecular weight is 190 g/mol. The highest BCUT2D eigenvalue weighted by molar-refractivity contribution is 5.24. The zero-order valence-corrected chi connectivity index (χ0v) is 9.72. The highest BCUT2D eigenvalue weighted by Gasteiger charge is 2.22. The average Bonchev–Trinajstić information content (AvgIpc) is 2.27. The molecule has 0 spiro atoms. The van der Waals surface area contributed by atoms with Gasteiger partial charge in [0.15, 0.2) is 0 Å². The third kappa shape index (κ3) is 2.60. The molecule has 0 radical (unpaired) electrons. The molecule has 78 valence electrons. The summed E-state index contributed by atoms with van der Waals surface area (Å²) >= 11 is 0. The molecule has 1 aromatic rings. The van der Waals surface area contributed by atoms with E-state index in [0.717, 1.165) is 0 Å². The van der Waals surface area contributed by atoms with Crippen molar-refractivity contribution in [3.05, 3.63) is 35.9 Å². The van der Waals surface area contributed by atoms with E-state index in [-0.39, 0.29) is 0 Å². The van der Waals surface area contributed by atoms with E-state index in [0.29, 0.717) is 5.41 Å². The number of hydrogen-bond donors (Lipinski definition) is 0. The first kappa shape index (κ1) is 11.3. The Morgan fingerprint density at radius 3 is 2.21 bits per heavy atom. The normalized spacial score (nSPS) is 15.1. The monoisotopic (exact) mass is 190 g/mol. The molecule has 0 aliphatic rings. The molecule has 0 nitrogen and oxygen atoms in total. The van der Waals surface area contributed by atoms with Crippen molar-refractivity contribution in [3.63, 3.8) is 0 Å². The molecular formula is C14H22. The van der Waals surface area contributed by atoms with Crippen LogP contribution in [-0.2, 0) is 5.41 Å². The van der Waals surface area contributed by atoms with Crippen LogP contribution in [0.25, 0.3) is 0 Å². The first-order valence-corrected chi connectivity index (χ1v) is 5.78. The summed E-state index contributed by atoms with van der Waals surface area (Å²) in [5.41, 5.74) is 1.88. The van der Waals surface area contributed by atoms with Gasteiger partial charge in [0.05, 0.1) is 0 Å². The van der Waals surface area contributed by atoms with Crippen molar-refractivity contribution in [2.24, 2.45) is 0 Å². The second-order valence-corrected chi connectivity index (χ2v) is 4.38. The van der Waals surface area contributed by atoms with Gasteiger partial charge in [-0.3, -0.25) is 0 Å². The Hall–Kier alpha value is -0.780. The van der Waals surface area contributed by atoms with Crippen LogP contribution in [0.5, 0.6) is 0 Å². The SMILES string of the molecule is CCCCC(C)(CC)c1ccccc1. The predicted molar refractivity (Wildman–Crippen MR) is 63.6 cm³/mol. The van der Waals surface area contributed by atoms with E-state index in [1.165, 1.54) is 31.2 Å². The van der Waals surface area contributed by atoms with Crippen molar-refractivity contribution in [1.82, 2.24) is 0 Å². The Kier molecular flexibility index (Phi) is 4.19. The fourth-order valence-corrected chi connectivity index (χ4v) is 1.93. The maximum Gasteiger partial charge on any atom is -0.00779 e. The highest BCUT2D eigenvalue weighted by atomic mass is 14.3. The summed E-state index contributed by atoms with van der Waals surface area (Å²) in [6, 6.07) is 10.9. The van der Waals surface area contributed by atoms with Crippen LogP contribution < -0.4 is 0 Å². The third-order valence-electron chi connectivity index (χ3n) is 3.33. The van der Waals surface area contributed by atoms with Crippen molar-refractivity contribution in [2.45, 2.75) is 51.9 Å². The van der Waals surface area contributed by atoms with Crippen molar-refractivity contribution in [2.75, 3.05) is 0 Å². The Morgan fingerprint density at radius 1 is 1.07 bits per heavy atom. The minimum Gasteiger partial charge on any atom is -0.0654 e. The molecule has 0 aliphatic heterocycles. The largest absolute Gasteiger partial charge is 0.0654 e. The molecule has 0 N–H and O–H groups in total. The Morgan fingerprint density at radius 2 is 1.71 bits per heavy atom. The Bertz CT molecular complexity index is 250. The molecule has 0 heterocycles. The molecule has 1 unspecified atom stereocenters. The minimum absolute atomic E-state index is 0.386. The van der Waals surface area contributed by atoms with E-state index in [4.69, 9.17) is 0 Å². The van der Waals surface area contributed by atoms with Gasteiger partial charge in [-0.25, -0.2) is 0 Å². The lowest BCUT2D eigenvalue weighted by molar-refractivity contribution is 0.403. The second kappa shape index (κ2) is 5.19. The van der Waals surface area contributed by atoms with Crippen molar-refractivity contribution in [3.8, 4) is 0 Å². The van der Waals surface area contributed by atoms with Gasteiger partial charge in [0.25, 0.3) is 0 Å². The fraction of sp³-hybridized carbons (Fsp3) is 0.571. The smallest absolute Gasteiger partial charge is 0.00779 e. The van der Waals surface area contributed by atoms with Gasteiger partial charge in [-0.1, -0.05) is 63.9 Å². The lowest BCUT2D eigenvalue weighted by Gasteiger charge is -2.28. The van der Waals surface area contributed by atoms with Crippen LogP contribution in [-0.4, -0.2) is 0 Å². The van der Waals surface area contributed by atoms with E-state index in [1.54, 1.807) is 0 Å². The van der Waals surface area contributed by atoms with Crippen molar-refractivity contribution in [1.29, 1.82) is 0 Å². The van der Waals surface area contributed by atoms with Gasteiger partial charge >= 0.3 is 0 Å². The van der Waals surface area contributed by atoms with Gasteiger partial charge in [0.1, 0.15) is 0 Å². The number of unbranched alkanes of at least 4 members (excludes halogenated alkanes) is 1. The first-order valence-electron chi connectivity index (χ1n) is 5.78. The van der Waals surface area contributed by atoms with E-state index >= 15 is 0 Å². The quantitative estimate of drug-likeness (QED) is 0.639. The molecule has 1 aromatic carbocycles. The maximum absolute atomic E-state index is 2.39. The minimum atomic E-state index is 0.386. The van der Waals surface area contributed by atoms with Gasteiger partial charge < -0.3 is 0 Å². The maximum atomic E-state index is 2.39. The van der Waals surface area contributed by atoms with E-state index < -0.39 is 0 Å². The van der Waals surface area contributed by atoms with Crippen LogP contribution in [0.15, 0.2) is 30.3 Å². The number of hydrogen-bond acceptors (Lipinski definition) is 0. The van der Waals surface area contributed by atoms with Gasteiger partial charge in [-0.05, 0) is 23.8 Å². The summed E-state index contributed by atoms with van der Waals surface area (Å²) in [4.78, 5) is 0. The van der Waals surface area contributed by atoms with Crippen LogP contribution in [0.4, 0.5) is 0 Å². The van der Waals surface area contributed by atoms with Gasteiger partial charge in [0, 0.05) is 0 Å². The molecule has 0 aliphatic carbocycles. The molecule has 1 atom stereocenters. The lowest BCUT2D eigenvalue weighted by Crippen LogP contribution is -2.20. The first-order chi connectivity index (χ1) is 6.73. The zero-order valence-electron chi connectivity index (χ0n) is 9.72. The zero-order chi connectivity index (χ0) is 10.4. The lowest BCUT2D eigenvalue weighted by atomic mass is 9.76. The van der Waals surface area contributed by atoms with Crippen LogP contribution in [0, 0.1) is 0 Å². The molecule has 0 fully saturated rings. The van der Waals surface area contributed by atoms with Crippen LogP contribution >= 0.6 is 0 Å². The fourth-order valence-electron chi connectivity index (χ4n) is 1.93. The molecular weight excluding hydrogens is 168 g/mol. The summed E-state index contributed by atoms with van der Waals surface area (Å²) in [7, 11) is 0. The van der Waals surface area contributed by atoms with Crippen LogP contribution in [0.2, 0.25) is 0 Å². The Labute approximate surface area is 88.4 Å². The topological polar surface area (TPSA) is 0 Å². The summed E-state index contributed by atoms with van der Waals surface area (Å²) in [6.45, 7) is 6.95. The van der Waals surface area contributed by atoms with Crippen molar-refractivity contribution >= 4 is 0 Å². The summed E-state index contributed by atoms with van der Waals surface area (Å²) < 4.78 is 0. The Balaban J connectivity index is 2.79. The molecule has 14 heavy (non-hydrogen) atoms. The van der Waals surface area contributed by atoms with Crippen LogP contribution in [0.1, 0.15) is 52.0 Å². The van der Waals surface area contributed by atoms with Crippen LogP contribution in [0.3, 0.4) is 0 Å². The molecule has 0 saturated carbocycles. The van der Waals surface area contributed by atoms with Gasteiger partial charge in [-0.15, -0.1) is 0 Å². The highest BCUT2D eigenvalue weighted by Crippen LogP contribution is 2.32. The molecule has 0 amide bonds. The van der Waals surface area contributed by atoms with Gasteiger partial charge in [0.2, 0.25) is 0 Å². The molecule has 0 bridgehead atoms. The number of benzene rings is 1. The molecule has 0 aromatic heterocycles. The van der Waals surface area contributed by atoms with Gasteiger partial charge in [-0.2, -0.15) is 0 Å². The summed E-state index contributed by atoms with van der Waals surface area (Å²) in [5.74, 6) is 0. The molecule has 0 saturated heterocycles. The van der Waals surface area contributed by atoms with E-state index in [9.17, 15) is 0 Å². The molecule has 1 rings (SSSR count). The summed E-state index contributed by atoms with van der Waals surface area (Å²) in [5, 5.41) is 0. The summed E-state index contributed by atoms with van der Waals surface area (Å²) in [6.07, 6.45) is 5.17. The van der Waals surface area contributed by atoms with E-state index in [2.05, 4.69) is 51.1 Å². The second-order valence-electron chi connectivity index (χ2n) is 4.38.